The van der Waals surface area contributed by atoms with Crippen LogP contribution in [-0.2, 0) is 0 Å². The minimum absolute atomic E-state index is 0.102. The Morgan fingerprint density at radius 1 is 1.21 bits per heavy atom. The van der Waals surface area contributed by atoms with Gasteiger partial charge >= 0.3 is 6.03 Å². The Bertz CT molecular complexity index is 430. The molecule has 4 nitrogen and oxygen atoms in total. The predicted octanol–water partition coefficient (Wildman–Crippen LogP) is 3.17. The molecule has 2 amide bonds. The van der Waals surface area contributed by atoms with Crippen LogP contribution in [0.15, 0.2) is 24.5 Å². The van der Waals surface area contributed by atoms with Crippen LogP contribution >= 0.6 is 0 Å². The molecule has 19 heavy (non-hydrogen) atoms. The summed E-state index contributed by atoms with van der Waals surface area (Å²) in [4.78, 5) is 15.9. The summed E-state index contributed by atoms with van der Waals surface area (Å²) < 4.78 is 0. The summed E-state index contributed by atoms with van der Waals surface area (Å²) in [6.07, 6.45) is 11.0. The minimum Gasteiger partial charge on any atom is -0.335 e. The van der Waals surface area contributed by atoms with Crippen LogP contribution in [0.4, 0.5) is 10.5 Å². The van der Waals surface area contributed by atoms with Crippen LogP contribution in [0.3, 0.4) is 0 Å². The van der Waals surface area contributed by atoms with Gasteiger partial charge in [0.25, 0.3) is 0 Å². The first-order chi connectivity index (χ1) is 9.31. The summed E-state index contributed by atoms with van der Waals surface area (Å²) in [7, 11) is 0. The fraction of sp³-hybridized carbons (Fsp3) is 0.600. The Morgan fingerprint density at radius 3 is 2.84 bits per heavy atom. The minimum atomic E-state index is -0.102. The van der Waals surface area contributed by atoms with E-state index in [0.29, 0.717) is 6.04 Å². The first kappa shape index (κ1) is 12.5. The van der Waals surface area contributed by atoms with Crippen molar-refractivity contribution in [3.63, 3.8) is 0 Å². The zero-order valence-corrected chi connectivity index (χ0v) is 11.1. The molecule has 3 rings (SSSR count). The summed E-state index contributed by atoms with van der Waals surface area (Å²) in [6, 6.07) is 3.91. The molecular weight excluding hydrogens is 238 g/mol. The molecule has 2 saturated carbocycles. The molecule has 2 atom stereocenters. The van der Waals surface area contributed by atoms with Crippen LogP contribution in [0.5, 0.6) is 0 Å². The van der Waals surface area contributed by atoms with Crippen molar-refractivity contribution in [3.8, 4) is 0 Å². The third-order valence-corrected chi connectivity index (χ3v) is 4.26. The number of rotatable bonds is 3. The molecule has 0 bridgehead atoms. The van der Waals surface area contributed by atoms with Crippen molar-refractivity contribution in [2.75, 3.05) is 5.32 Å². The van der Waals surface area contributed by atoms with Crippen molar-refractivity contribution in [1.82, 2.24) is 10.3 Å². The molecule has 2 aliphatic rings. The van der Waals surface area contributed by atoms with E-state index in [9.17, 15) is 4.79 Å². The molecule has 4 heteroatoms. The Hall–Kier alpha value is -1.58. The van der Waals surface area contributed by atoms with Crippen molar-refractivity contribution in [2.24, 2.45) is 11.8 Å². The Labute approximate surface area is 114 Å². The largest absolute Gasteiger partial charge is 0.335 e. The lowest BCUT2D eigenvalue weighted by molar-refractivity contribution is 0.230. The molecule has 0 aliphatic heterocycles. The number of urea groups is 1. The van der Waals surface area contributed by atoms with Gasteiger partial charge in [0.2, 0.25) is 0 Å². The lowest BCUT2D eigenvalue weighted by atomic mass is 9.83. The number of nitrogens with zero attached hydrogens (tertiary/aromatic N) is 1. The van der Waals surface area contributed by atoms with Crippen LogP contribution in [0.2, 0.25) is 0 Å². The summed E-state index contributed by atoms with van der Waals surface area (Å²) in [5.41, 5.74) is 0.745. The van der Waals surface area contributed by atoms with Gasteiger partial charge in [-0.3, -0.25) is 4.98 Å². The number of amides is 2. The molecule has 0 unspecified atom stereocenters. The molecule has 2 N–H and O–H groups in total. The van der Waals surface area contributed by atoms with Gasteiger partial charge in [-0.1, -0.05) is 12.8 Å². The van der Waals surface area contributed by atoms with Crippen LogP contribution in [0.25, 0.3) is 0 Å². The van der Waals surface area contributed by atoms with Crippen LogP contribution in [0, 0.1) is 11.8 Å². The second-order valence-electron chi connectivity index (χ2n) is 5.80. The Balaban J connectivity index is 1.48. The van der Waals surface area contributed by atoms with Gasteiger partial charge in [0.05, 0.1) is 11.9 Å². The number of aromatic nitrogens is 1. The highest BCUT2D eigenvalue weighted by Gasteiger charge is 2.34. The molecule has 2 aliphatic carbocycles. The van der Waals surface area contributed by atoms with Crippen molar-refractivity contribution < 1.29 is 4.79 Å². The summed E-state index contributed by atoms with van der Waals surface area (Å²) in [6.45, 7) is 0. The average molecular weight is 259 g/mol. The number of pyridine rings is 1. The normalized spacial score (nSPS) is 26.7. The fourth-order valence-electron chi connectivity index (χ4n) is 3.14. The molecule has 0 radical (unpaired) electrons. The van der Waals surface area contributed by atoms with Crippen molar-refractivity contribution in [1.29, 1.82) is 0 Å². The van der Waals surface area contributed by atoms with E-state index < -0.39 is 0 Å². The van der Waals surface area contributed by atoms with E-state index in [1.807, 2.05) is 12.1 Å². The van der Waals surface area contributed by atoms with Gasteiger partial charge in [0.15, 0.2) is 0 Å². The number of hydrogen-bond donors (Lipinski definition) is 2. The Morgan fingerprint density at radius 2 is 2.11 bits per heavy atom. The van der Waals surface area contributed by atoms with Gasteiger partial charge < -0.3 is 10.6 Å². The monoisotopic (exact) mass is 259 g/mol. The molecule has 1 heterocycles. The first-order valence-electron chi connectivity index (χ1n) is 7.29. The number of anilines is 1. The highest BCUT2D eigenvalue weighted by atomic mass is 16.2. The zero-order chi connectivity index (χ0) is 13.1. The SMILES string of the molecule is O=C(Nc1cccnc1)N[C@@H]1CCC[C@H](C2CC2)C1. The molecule has 0 aromatic carbocycles. The smallest absolute Gasteiger partial charge is 0.319 e. The lowest BCUT2D eigenvalue weighted by Gasteiger charge is -2.29. The van der Waals surface area contributed by atoms with E-state index in [1.54, 1.807) is 12.4 Å². The highest BCUT2D eigenvalue weighted by molar-refractivity contribution is 5.89. The molecule has 0 saturated heterocycles. The zero-order valence-electron chi connectivity index (χ0n) is 11.1. The second-order valence-corrected chi connectivity index (χ2v) is 5.80. The van der Waals surface area contributed by atoms with Gasteiger partial charge in [0.1, 0.15) is 0 Å². The second kappa shape index (κ2) is 5.59. The maximum absolute atomic E-state index is 11.9. The molecule has 1 aromatic rings. The van der Waals surface area contributed by atoms with Crippen LogP contribution < -0.4 is 10.6 Å². The van der Waals surface area contributed by atoms with E-state index in [-0.39, 0.29) is 6.03 Å². The van der Waals surface area contributed by atoms with Crippen molar-refractivity contribution in [3.05, 3.63) is 24.5 Å². The standard InChI is InChI=1S/C15H21N3O/c19-15(18-14-5-2-8-16-10-14)17-13-4-1-3-12(9-13)11-6-7-11/h2,5,8,10-13H,1,3-4,6-7,9H2,(H2,17,18,19)/t12-,13+/m0/s1. The maximum Gasteiger partial charge on any atom is 0.319 e. The average Bonchev–Trinajstić information content (AvgIpc) is 3.24. The van der Waals surface area contributed by atoms with Crippen LogP contribution in [0.1, 0.15) is 38.5 Å². The third kappa shape index (κ3) is 3.46. The summed E-state index contributed by atoms with van der Waals surface area (Å²) in [5.74, 6) is 1.79. The summed E-state index contributed by atoms with van der Waals surface area (Å²) >= 11 is 0. The highest BCUT2D eigenvalue weighted by Crippen LogP contribution is 2.43. The number of nitrogens with one attached hydrogen (secondary N) is 2. The van der Waals surface area contributed by atoms with E-state index in [2.05, 4.69) is 15.6 Å². The fourth-order valence-corrected chi connectivity index (χ4v) is 3.14. The van der Waals surface area contributed by atoms with Crippen molar-refractivity contribution >= 4 is 11.7 Å². The van der Waals surface area contributed by atoms with Crippen LogP contribution in [-0.4, -0.2) is 17.1 Å². The number of hydrogen-bond acceptors (Lipinski definition) is 2. The van der Waals surface area contributed by atoms with Gasteiger partial charge in [-0.2, -0.15) is 0 Å². The third-order valence-electron chi connectivity index (χ3n) is 4.26. The van der Waals surface area contributed by atoms with Gasteiger partial charge in [-0.25, -0.2) is 4.79 Å². The maximum atomic E-state index is 11.9. The first-order valence-corrected chi connectivity index (χ1v) is 7.29. The van der Waals surface area contributed by atoms with E-state index >= 15 is 0 Å². The molecule has 2 fully saturated rings. The Kier molecular flexibility index (Phi) is 3.67. The molecule has 0 spiro atoms. The number of carbonyl (C=O) groups is 1. The lowest BCUT2D eigenvalue weighted by Crippen LogP contribution is -2.41. The number of carbonyl (C=O) groups excluding carboxylic acids is 1. The molecular formula is C15H21N3O. The van der Waals surface area contributed by atoms with Gasteiger partial charge in [0, 0.05) is 12.2 Å². The van der Waals surface area contributed by atoms with E-state index in [4.69, 9.17) is 0 Å². The molecule has 1 aromatic heterocycles. The topological polar surface area (TPSA) is 54.0 Å². The predicted molar refractivity (Wildman–Crippen MR) is 74.9 cm³/mol. The van der Waals surface area contributed by atoms with Crippen molar-refractivity contribution in [2.45, 2.75) is 44.6 Å². The van der Waals surface area contributed by atoms with E-state index in [1.165, 1.54) is 25.7 Å². The van der Waals surface area contributed by atoms with Gasteiger partial charge in [-0.15, -0.1) is 0 Å². The van der Waals surface area contributed by atoms with Gasteiger partial charge in [-0.05, 0) is 49.7 Å². The van der Waals surface area contributed by atoms with E-state index in [0.717, 1.165) is 30.4 Å². The summed E-state index contributed by atoms with van der Waals surface area (Å²) in [5, 5.41) is 5.94. The quantitative estimate of drug-likeness (QED) is 0.876. The molecule has 102 valence electrons.